The van der Waals surface area contributed by atoms with E-state index < -0.39 is 6.36 Å². The Labute approximate surface area is 253 Å². The second kappa shape index (κ2) is 13.6. The first-order valence-electron chi connectivity index (χ1n) is 13.6. The van der Waals surface area contributed by atoms with E-state index >= 15 is 0 Å². The van der Waals surface area contributed by atoms with Gasteiger partial charge in [0.2, 0.25) is 11.9 Å². The van der Waals surface area contributed by atoms with Crippen LogP contribution >= 0.6 is 12.2 Å². The maximum absolute atomic E-state index is 12.6. The molecule has 12 heteroatoms. The zero-order chi connectivity index (χ0) is 31.1. The predicted octanol–water partition coefficient (Wildman–Crippen LogP) is 7.19. The molecule has 0 radical (unpaired) electrons. The van der Waals surface area contributed by atoms with Gasteiger partial charge in [0.15, 0.2) is 5.82 Å². The van der Waals surface area contributed by atoms with Gasteiger partial charge in [-0.1, -0.05) is 81.5 Å². The quantitative estimate of drug-likeness (QED) is 0.113. The summed E-state index contributed by atoms with van der Waals surface area (Å²) < 4.78 is 43.0. The molecule has 43 heavy (non-hydrogen) atoms. The second-order valence-electron chi connectivity index (χ2n) is 9.95. The van der Waals surface area contributed by atoms with E-state index in [1.807, 2.05) is 43.3 Å². The molecule has 0 fully saturated rings. The molecule has 0 bridgehead atoms. The SMILES string of the molecule is CCC(=O)Nc1nc(-c2ccc(C(C)=NNC(=S)Cc3ccccc3C(C)C)cc2)nn1-c1ccc(OC(F)(F)F)cc1. The van der Waals surface area contributed by atoms with Gasteiger partial charge in [-0.25, -0.2) is 0 Å². The largest absolute Gasteiger partial charge is 0.573 e. The zero-order valence-corrected chi connectivity index (χ0v) is 24.9. The van der Waals surface area contributed by atoms with Crippen molar-refractivity contribution < 1.29 is 22.7 Å². The Balaban J connectivity index is 1.51. The Morgan fingerprint density at radius 1 is 1.05 bits per heavy atom. The first-order valence-corrected chi connectivity index (χ1v) is 14.0. The summed E-state index contributed by atoms with van der Waals surface area (Å²) in [5.74, 6) is 0.161. The number of amides is 1. The fourth-order valence-electron chi connectivity index (χ4n) is 4.24. The van der Waals surface area contributed by atoms with Gasteiger partial charge in [-0.2, -0.15) is 14.8 Å². The third kappa shape index (κ3) is 8.48. The lowest BCUT2D eigenvalue weighted by Crippen LogP contribution is -2.20. The number of thiocarbonyl (C=S) groups is 1. The number of halogens is 3. The van der Waals surface area contributed by atoms with Crippen LogP contribution in [0, 0.1) is 0 Å². The lowest BCUT2D eigenvalue weighted by atomic mass is 9.95. The smallest absolute Gasteiger partial charge is 0.406 e. The topological polar surface area (TPSA) is 93.4 Å². The third-order valence-electron chi connectivity index (χ3n) is 6.43. The highest BCUT2D eigenvalue weighted by Gasteiger charge is 2.31. The van der Waals surface area contributed by atoms with E-state index in [1.54, 1.807) is 6.92 Å². The number of alkyl halides is 3. The normalized spacial score (nSPS) is 11.9. The van der Waals surface area contributed by atoms with Crippen molar-refractivity contribution in [3.8, 4) is 22.8 Å². The molecule has 3 aromatic carbocycles. The van der Waals surface area contributed by atoms with E-state index in [2.05, 4.69) is 56.6 Å². The minimum absolute atomic E-state index is 0.130. The van der Waals surface area contributed by atoms with Gasteiger partial charge in [-0.3, -0.25) is 15.5 Å². The molecule has 4 aromatic rings. The minimum Gasteiger partial charge on any atom is -0.406 e. The highest BCUT2D eigenvalue weighted by molar-refractivity contribution is 7.80. The van der Waals surface area contributed by atoms with E-state index in [0.29, 0.717) is 34.4 Å². The molecule has 4 rings (SSSR count). The van der Waals surface area contributed by atoms with Gasteiger partial charge in [0.05, 0.1) is 11.4 Å². The molecule has 0 saturated heterocycles. The Morgan fingerprint density at radius 3 is 2.35 bits per heavy atom. The molecule has 0 atom stereocenters. The summed E-state index contributed by atoms with van der Waals surface area (Å²) in [5.41, 5.74) is 8.03. The van der Waals surface area contributed by atoms with Crippen LogP contribution in [0.2, 0.25) is 0 Å². The number of nitrogens with zero attached hydrogens (tertiary/aromatic N) is 4. The van der Waals surface area contributed by atoms with Crippen molar-refractivity contribution >= 4 is 34.8 Å². The maximum atomic E-state index is 12.6. The van der Waals surface area contributed by atoms with Crippen molar-refractivity contribution in [1.29, 1.82) is 0 Å². The Morgan fingerprint density at radius 2 is 1.72 bits per heavy atom. The lowest BCUT2D eigenvalue weighted by Gasteiger charge is -2.13. The summed E-state index contributed by atoms with van der Waals surface area (Å²) in [7, 11) is 0. The molecule has 0 aliphatic carbocycles. The Kier molecular flexibility index (Phi) is 9.92. The summed E-state index contributed by atoms with van der Waals surface area (Å²) in [6.07, 6.45) is -4.02. The number of carbonyl (C=O) groups is 1. The molecule has 224 valence electrons. The molecule has 0 spiro atoms. The fourth-order valence-corrected chi connectivity index (χ4v) is 4.44. The molecule has 2 N–H and O–H groups in total. The van der Waals surface area contributed by atoms with Crippen molar-refractivity contribution in [2.75, 3.05) is 5.32 Å². The number of aromatic nitrogens is 3. The van der Waals surface area contributed by atoms with Crippen LogP contribution < -0.4 is 15.5 Å². The van der Waals surface area contributed by atoms with Crippen molar-refractivity contribution in [2.45, 2.75) is 52.8 Å². The van der Waals surface area contributed by atoms with Crippen LogP contribution in [0.5, 0.6) is 5.75 Å². The molecule has 0 aliphatic rings. The molecule has 1 amide bonds. The van der Waals surface area contributed by atoms with Gasteiger partial charge in [-0.15, -0.1) is 18.3 Å². The van der Waals surface area contributed by atoms with Crippen molar-refractivity contribution in [3.05, 3.63) is 89.5 Å². The molecule has 1 heterocycles. The van der Waals surface area contributed by atoms with Gasteiger partial charge < -0.3 is 4.74 Å². The van der Waals surface area contributed by atoms with Crippen LogP contribution in [0.25, 0.3) is 17.1 Å². The van der Waals surface area contributed by atoms with Crippen LogP contribution in [-0.2, 0) is 11.2 Å². The standard InChI is InChI=1S/C31H31F3N6O2S/c1-5-27(41)35-30-36-29(39-40(30)24-14-16-25(17-15-24)42-31(32,33)34)22-12-10-21(11-13-22)20(4)37-38-28(43)18-23-8-6-7-9-26(23)19(2)3/h6-17,19H,5,18H2,1-4H3,(H,38,43)(H,35,36,39,41). The monoisotopic (exact) mass is 608 g/mol. The van der Waals surface area contributed by atoms with Crippen LogP contribution in [0.1, 0.15) is 56.7 Å². The van der Waals surface area contributed by atoms with E-state index in [4.69, 9.17) is 12.2 Å². The van der Waals surface area contributed by atoms with Gasteiger partial charge in [0.25, 0.3) is 0 Å². The Hall–Kier alpha value is -4.58. The van der Waals surface area contributed by atoms with Crippen LogP contribution in [0.15, 0.2) is 77.9 Å². The van der Waals surface area contributed by atoms with Gasteiger partial charge in [0.1, 0.15) is 10.7 Å². The number of ether oxygens (including phenoxy) is 1. The minimum atomic E-state index is -4.81. The van der Waals surface area contributed by atoms with E-state index in [0.717, 1.165) is 23.4 Å². The number of hydrogen-bond donors (Lipinski definition) is 2. The number of benzene rings is 3. The summed E-state index contributed by atoms with van der Waals surface area (Å²) >= 11 is 5.53. The predicted molar refractivity (Wildman–Crippen MR) is 165 cm³/mol. The number of nitrogens with one attached hydrogen (secondary N) is 2. The second-order valence-corrected chi connectivity index (χ2v) is 10.4. The number of anilines is 1. The number of hydrazone groups is 1. The summed E-state index contributed by atoms with van der Waals surface area (Å²) in [4.78, 5) is 17.2. The van der Waals surface area contributed by atoms with Gasteiger partial charge in [-0.05, 0) is 53.8 Å². The van der Waals surface area contributed by atoms with Crippen molar-refractivity contribution in [1.82, 2.24) is 20.2 Å². The fraction of sp³-hybridized carbons (Fsp3) is 0.258. The first kappa shape index (κ1) is 31.4. The van der Waals surface area contributed by atoms with Crippen LogP contribution in [0.3, 0.4) is 0 Å². The zero-order valence-electron chi connectivity index (χ0n) is 24.1. The molecule has 1 aromatic heterocycles. The molecule has 0 saturated carbocycles. The average molecular weight is 609 g/mol. The van der Waals surface area contributed by atoms with E-state index in [1.165, 1.54) is 27.9 Å². The van der Waals surface area contributed by atoms with Crippen molar-refractivity contribution in [3.63, 3.8) is 0 Å². The highest BCUT2D eigenvalue weighted by Crippen LogP contribution is 2.26. The number of carbonyl (C=O) groups excluding carboxylic acids is 1. The number of rotatable bonds is 10. The molecular weight excluding hydrogens is 577 g/mol. The van der Waals surface area contributed by atoms with E-state index in [9.17, 15) is 18.0 Å². The Bertz CT molecular complexity index is 1610. The van der Waals surface area contributed by atoms with Gasteiger partial charge in [0, 0.05) is 18.4 Å². The average Bonchev–Trinajstić information content (AvgIpc) is 3.39. The van der Waals surface area contributed by atoms with Crippen LogP contribution in [-0.4, -0.2) is 37.7 Å². The molecule has 8 nitrogen and oxygen atoms in total. The summed E-state index contributed by atoms with van der Waals surface area (Å²) in [6.45, 7) is 7.86. The summed E-state index contributed by atoms with van der Waals surface area (Å²) in [6, 6.07) is 20.7. The molecular formula is C31H31F3N6O2S. The highest BCUT2D eigenvalue weighted by atomic mass is 32.1. The maximum Gasteiger partial charge on any atom is 0.573 e. The van der Waals surface area contributed by atoms with Gasteiger partial charge >= 0.3 is 6.36 Å². The molecule has 0 aliphatic heterocycles. The third-order valence-corrected chi connectivity index (χ3v) is 6.67. The molecule has 0 unspecified atom stereocenters. The first-order chi connectivity index (χ1) is 20.4. The summed E-state index contributed by atoms with van der Waals surface area (Å²) in [5, 5.41) is 11.6. The lowest BCUT2D eigenvalue weighted by molar-refractivity contribution is -0.274. The van der Waals surface area contributed by atoms with Crippen LogP contribution in [0.4, 0.5) is 19.1 Å². The van der Waals surface area contributed by atoms with Crippen molar-refractivity contribution in [2.24, 2.45) is 5.10 Å². The number of hydrogen-bond acceptors (Lipinski definition) is 6. The van der Waals surface area contributed by atoms with E-state index in [-0.39, 0.29) is 24.0 Å².